The normalized spacial score (nSPS) is 10.4. The molecule has 0 bridgehead atoms. The highest BCUT2D eigenvalue weighted by molar-refractivity contribution is 5.49. The summed E-state index contributed by atoms with van der Waals surface area (Å²) in [4.78, 5) is 10.9. The van der Waals surface area contributed by atoms with Gasteiger partial charge in [0.05, 0.1) is 0 Å². The van der Waals surface area contributed by atoms with Crippen molar-refractivity contribution in [3.05, 3.63) is 11.9 Å². The molecule has 1 aromatic heterocycles. The molecule has 0 amide bonds. The molecule has 0 saturated heterocycles. The summed E-state index contributed by atoms with van der Waals surface area (Å²) in [6, 6.07) is 1.96. The van der Waals surface area contributed by atoms with Crippen molar-refractivity contribution in [3.63, 3.8) is 0 Å². The molecule has 5 nitrogen and oxygen atoms in total. The van der Waals surface area contributed by atoms with Gasteiger partial charge in [0, 0.05) is 32.3 Å². The van der Waals surface area contributed by atoms with Crippen LogP contribution >= 0.6 is 0 Å². The van der Waals surface area contributed by atoms with Gasteiger partial charge >= 0.3 is 0 Å². The summed E-state index contributed by atoms with van der Waals surface area (Å²) in [6.07, 6.45) is 0.757. The zero-order valence-corrected chi connectivity index (χ0v) is 10.9. The van der Waals surface area contributed by atoms with E-state index in [1.165, 1.54) is 0 Å². The third-order valence-electron chi connectivity index (χ3n) is 2.47. The van der Waals surface area contributed by atoms with Crippen LogP contribution in [0.4, 0.5) is 11.6 Å². The van der Waals surface area contributed by atoms with Crippen LogP contribution in [0, 0.1) is 6.92 Å². The van der Waals surface area contributed by atoms with Crippen LogP contribution in [0.1, 0.15) is 26.1 Å². The largest absolute Gasteiger partial charge is 0.396 e. The van der Waals surface area contributed by atoms with E-state index < -0.39 is 0 Å². The molecule has 0 aromatic carbocycles. The molecule has 1 aromatic rings. The van der Waals surface area contributed by atoms with E-state index in [0.29, 0.717) is 0 Å². The maximum Gasteiger partial charge on any atom is 0.134 e. The van der Waals surface area contributed by atoms with Crippen LogP contribution < -0.4 is 10.2 Å². The van der Waals surface area contributed by atoms with Crippen molar-refractivity contribution < 1.29 is 5.11 Å². The van der Waals surface area contributed by atoms with Gasteiger partial charge in [0.2, 0.25) is 0 Å². The fraction of sp³-hybridized carbons (Fsp3) is 0.667. The molecular formula is C12H22N4O. The Hall–Kier alpha value is -1.36. The summed E-state index contributed by atoms with van der Waals surface area (Å²) < 4.78 is 0. The Morgan fingerprint density at radius 2 is 2.12 bits per heavy atom. The zero-order chi connectivity index (χ0) is 12.7. The van der Waals surface area contributed by atoms with E-state index >= 15 is 0 Å². The second-order valence-corrected chi connectivity index (χ2v) is 3.85. The number of hydrogen-bond donors (Lipinski definition) is 2. The molecule has 96 valence electrons. The Labute approximate surface area is 103 Å². The van der Waals surface area contributed by atoms with Gasteiger partial charge in [-0.1, -0.05) is 0 Å². The number of aromatic nitrogens is 2. The van der Waals surface area contributed by atoms with Gasteiger partial charge in [0.25, 0.3) is 0 Å². The summed E-state index contributed by atoms with van der Waals surface area (Å²) in [5.41, 5.74) is 0. The smallest absolute Gasteiger partial charge is 0.134 e. The van der Waals surface area contributed by atoms with Crippen LogP contribution in [0.2, 0.25) is 0 Å². The van der Waals surface area contributed by atoms with Crippen molar-refractivity contribution in [2.75, 3.05) is 36.5 Å². The number of aliphatic hydroxyl groups is 1. The zero-order valence-electron chi connectivity index (χ0n) is 10.9. The Balaban J connectivity index is 2.85. The first-order chi connectivity index (χ1) is 8.21. The first-order valence-corrected chi connectivity index (χ1v) is 6.16. The number of rotatable bonds is 7. The molecule has 1 heterocycles. The molecule has 0 spiro atoms. The van der Waals surface area contributed by atoms with E-state index in [4.69, 9.17) is 5.11 Å². The third-order valence-corrected chi connectivity index (χ3v) is 2.47. The van der Waals surface area contributed by atoms with Crippen molar-refractivity contribution in [3.8, 4) is 0 Å². The number of nitrogens with one attached hydrogen (secondary N) is 1. The van der Waals surface area contributed by atoms with Crippen molar-refractivity contribution in [2.24, 2.45) is 0 Å². The van der Waals surface area contributed by atoms with E-state index in [9.17, 15) is 0 Å². The minimum Gasteiger partial charge on any atom is -0.396 e. The van der Waals surface area contributed by atoms with Gasteiger partial charge < -0.3 is 15.3 Å². The van der Waals surface area contributed by atoms with Crippen molar-refractivity contribution in [2.45, 2.75) is 27.2 Å². The summed E-state index contributed by atoms with van der Waals surface area (Å²) in [7, 11) is 0. The summed E-state index contributed by atoms with van der Waals surface area (Å²) in [5, 5.41) is 12.1. The van der Waals surface area contributed by atoms with E-state index in [0.717, 1.165) is 43.5 Å². The predicted molar refractivity (Wildman–Crippen MR) is 70.5 cm³/mol. The maximum absolute atomic E-state index is 8.88. The Bertz CT molecular complexity index is 343. The molecular weight excluding hydrogens is 216 g/mol. The lowest BCUT2D eigenvalue weighted by molar-refractivity contribution is 0.289. The maximum atomic E-state index is 8.88. The summed E-state index contributed by atoms with van der Waals surface area (Å²) in [6.45, 7) is 8.77. The average molecular weight is 238 g/mol. The standard InChI is InChI=1S/C12H22N4O/c1-4-13-11-9-12(15-10(3)14-11)16(5-2)7-6-8-17/h9,17H,4-8H2,1-3H3,(H,13,14,15). The minimum absolute atomic E-state index is 0.209. The van der Waals surface area contributed by atoms with Gasteiger partial charge in [0.15, 0.2) is 0 Å². The third kappa shape index (κ3) is 4.19. The first-order valence-electron chi connectivity index (χ1n) is 6.16. The highest BCUT2D eigenvalue weighted by Crippen LogP contribution is 2.15. The minimum atomic E-state index is 0.209. The van der Waals surface area contributed by atoms with Crippen molar-refractivity contribution in [1.29, 1.82) is 0 Å². The van der Waals surface area contributed by atoms with E-state index in [-0.39, 0.29) is 6.61 Å². The highest BCUT2D eigenvalue weighted by atomic mass is 16.3. The molecule has 0 unspecified atom stereocenters. The molecule has 0 aliphatic heterocycles. The number of aryl methyl sites for hydroxylation is 1. The lowest BCUT2D eigenvalue weighted by Crippen LogP contribution is -2.26. The molecule has 17 heavy (non-hydrogen) atoms. The molecule has 0 atom stereocenters. The van der Waals surface area contributed by atoms with Crippen LogP contribution in [0.3, 0.4) is 0 Å². The molecule has 0 fully saturated rings. The van der Waals surface area contributed by atoms with Crippen molar-refractivity contribution in [1.82, 2.24) is 9.97 Å². The monoisotopic (exact) mass is 238 g/mol. The highest BCUT2D eigenvalue weighted by Gasteiger charge is 2.08. The van der Waals surface area contributed by atoms with Gasteiger partial charge in [0.1, 0.15) is 17.5 Å². The van der Waals surface area contributed by atoms with Gasteiger partial charge in [-0.15, -0.1) is 0 Å². The Kier molecular flexibility index (Phi) is 5.69. The number of aliphatic hydroxyl groups excluding tert-OH is 1. The molecule has 0 radical (unpaired) electrons. The van der Waals surface area contributed by atoms with Crippen LogP contribution in [-0.4, -0.2) is 41.3 Å². The van der Waals surface area contributed by atoms with E-state index in [2.05, 4.69) is 27.1 Å². The average Bonchev–Trinajstić information content (AvgIpc) is 2.30. The van der Waals surface area contributed by atoms with Gasteiger partial charge in [-0.25, -0.2) is 9.97 Å². The lowest BCUT2D eigenvalue weighted by Gasteiger charge is -2.22. The summed E-state index contributed by atoms with van der Waals surface area (Å²) in [5.74, 6) is 2.54. The van der Waals surface area contributed by atoms with Crippen LogP contribution in [-0.2, 0) is 0 Å². The fourth-order valence-electron chi connectivity index (χ4n) is 1.68. The van der Waals surface area contributed by atoms with Gasteiger partial charge in [-0.05, 0) is 27.2 Å². The van der Waals surface area contributed by atoms with Crippen LogP contribution in [0.5, 0.6) is 0 Å². The molecule has 1 rings (SSSR count). The predicted octanol–water partition coefficient (Wildman–Crippen LogP) is 1.43. The molecule has 0 saturated carbocycles. The van der Waals surface area contributed by atoms with Gasteiger partial charge in [-0.3, -0.25) is 0 Å². The van der Waals surface area contributed by atoms with Crippen LogP contribution in [0.15, 0.2) is 6.07 Å². The second kappa shape index (κ2) is 7.06. The molecule has 2 N–H and O–H groups in total. The van der Waals surface area contributed by atoms with Gasteiger partial charge in [-0.2, -0.15) is 0 Å². The lowest BCUT2D eigenvalue weighted by atomic mass is 10.3. The second-order valence-electron chi connectivity index (χ2n) is 3.85. The molecule has 5 heteroatoms. The number of hydrogen-bond acceptors (Lipinski definition) is 5. The van der Waals surface area contributed by atoms with E-state index in [1.807, 2.05) is 19.9 Å². The molecule has 0 aliphatic rings. The van der Waals surface area contributed by atoms with Crippen molar-refractivity contribution >= 4 is 11.6 Å². The van der Waals surface area contributed by atoms with Crippen LogP contribution in [0.25, 0.3) is 0 Å². The topological polar surface area (TPSA) is 61.3 Å². The number of anilines is 2. The Morgan fingerprint density at radius 3 is 2.71 bits per heavy atom. The number of nitrogens with zero attached hydrogens (tertiary/aromatic N) is 3. The fourth-order valence-corrected chi connectivity index (χ4v) is 1.68. The SMILES string of the molecule is CCNc1cc(N(CC)CCCO)nc(C)n1. The quantitative estimate of drug-likeness (QED) is 0.752. The first kappa shape index (κ1) is 13.7. The summed E-state index contributed by atoms with van der Waals surface area (Å²) >= 11 is 0. The molecule has 0 aliphatic carbocycles. The Morgan fingerprint density at radius 1 is 1.35 bits per heavy atom. The van der Waals surface area contributed by atoms with E-state index in [1.54, 1.807) is 0 Å².